The van der Waals surface area contributed by atoms with Crippen molar-refractivity contribution < 1.29 is 0 Å². The van der Waals surface area contributed by atoms with Gasteiger partial charge in [-0.1, -0.05) is 30.3 Å². The van der Waals surface area contributed by atoms with Crippen molar-refractivity contribution in [3.63, 3.8) is 0 Å². The van der Waals surface area contributed by atoms with E-state index in [-0.39, 0.29) is 0 Å². The molecule has 3 N–H and O–H groups in total. The van der Waals surface area contributed by atoms with Gasteiger partial charge < -0.3 is 4.90 Å². The van der Waals surface area contributed by atoms with Gasteiger partial charge in [-0.3, -0.25) is 11.1 Å². The van der Waals surface area contributed by atoms with E-state index < -0.39 is 5.79 Å². The number of nitrogens with zero attached hydrogens (tertiary/aromatic N) is 3. The maximum absolute atomic E-state index is 9.32. The normalized spacial score (nSPS) is 25.9. The second-order valence-corrected chi connectivity index (χ2v) is 5.07. The van der Waals surface area contributed by atoms with Gasteiger partial charge in [0.2, 0.25) is 0 Å². The number of fused-ring (bicyclic) bond motifs is 1. The zero-order valence-electron chi connectivity index (χ0n) is 11.4. The zero-order chi connectivity index (χ0) is 14.2. The summed E-state index contributed by atoms with van der Waals surface area (Å²) in [5, 5.41) is 12.6. The Balaban J connectivity index is 2.17. The van der Waals surface area contributed by atoms with Crippen LogP contribution in [0.4, 0.5) is 0 Å². The molecule has 2 aliphatic rings. The van der Waals surface area contributed by atoms with Crippen LogP contribution in [-0.4, -0.2) is 29.5 Å². The van der Waals surface area contributed by atoms with Crippen LogP contribution in [0.5, 0.6) is 0 Å². The van der Waals surface area contributed by atoms with Gasteiger partial charge in [0.15, 0.2) is 11.5 Å². The summed E-state index contributed by atoms with van der Waals surface area (Å²) < 4.78 is 0. The van der Waals surface area contributed by atoms with E-state index in [4.69, 9.17) is 5.73 Å². The molecule has 2 heterocycles. The third kappa shape index (κ3) is 1.82. The topological polar surface area (TPSA) is 77.4 Å². The number of nitrogens with one attached hydrogen (secondary N) is 1. The van der Waals surface area contributed by atoms with Gasteiger partial charge in [-0.15, -0.1) is 0 Å². The Kier molecular flexibility index (Phi) is 3.05. The van der Waals surface area contributed by atoms with Crippen LogP contribution in [0.3, 0.4) is 0 Å². The number of allylic oxidation sites excluding steroid dienone is 1. The second-order valence-electron chi connectivity index (χ2n) is 5.07. The van der Waals surface area contributed by atoms with Crippen LogP contribution in [0.15, 0.2) is 41.0 Å². The largest absolute Gasteiger partial charge is 0.333 e. The fourth-order valence-corrected chi connectivity index (χ4v) is 2.86. The molecule has 0 aromatic heterocycles. The van der Waals surface area contributed by atoms with Crippen molar-refractivity contribution >= 4 is 11.4 Å². The quantitative estimate of drug-likeness (QED) is 0.803. The molecule has 0 saturated carbocycles. The van der Waals surface area contributed by atoms with Crippen LogP contribution in [0.25, 0.3) is 5.70 Å². The molecule has 1 atom stereocenters. The van der Waals surface area contributed by atoms with Crippen LogP contribution < -0.4 is 11.1 Å². The first-order valence-electron chi connectivity index (χ1n) is 6.74. The summed E-state index contributed by atoms with van der Waals surface area (Å²) in [5.74, 6) is -0.988. The lowest BCUT2D eigenvalue weighted by Gasteiger charge is -2.48. The van der Waals surface area contributed by atoms with E-state index in [1.165, 1.54) is 0 Å². The number of benzene rings is 1. The standard InChI is InChI=1S/C15H17N5/c1-11-14(12-6-3-2-4-7-12)20-9-5-8-18-15(20,17)13(10-16)19-11/h2-4,6-7,18H,5,8-9,17H2,1H3. The fraction of sp³-hybridized carbons (Fsp3) is 0.333. The summed E-state index contributed by atoms with van der Waals surface area (Å²) in [7, 11) is 0. The first kappa shape index (κ1) is 12.9. The molecule has 3 rings (SSSR count). The molecular formula is C15H17N5. The average Bonchev–Trinajstić information content (AvgIpc) is 2.48. The maximum atomic E-state index is 9.32. The molecule has 5 heteroatoms. The summed E-state index contributed by atoms with van der Waals surface area (Å²) in [6.45, 7) is 3.52. The Hall–Kier alpha value is -2.16. The molecular weight excluding hydrogens is 250 g/mol. The van der Waals surface area contributed by atoms with E-state index in [9.17, 15) is 5.26 Å². The van der Waals surface area contributed by atoms with Gasteiger partial charge in [0, 0.05) is 13.1 Å². The van der Waals surface area contributed by atoms with Gasteiger partial charge in [0.25, 0.3) is 0 Å². The average molecular weight is 267 g/mol. The van der Waals surface area contributed by atoms with Gasteiger partial charge in [0.05, 0.1) is 11.4 Å². The van der Waals surface area contributed by atoms with Gasteiger partial charge in [-0.05, 0) is 18.9 Å². The minimum atomic E-state index is -0.988. The van der Waals surface area contributed by atoms with E-state index >= 15 is 0 Å². The van der Waals surface area contributed by atoms with Crippen molar-refractivity contribution in [1.82, 2.24) is 10.2 Å². The lowest BCUT2D eigenvalue weighted by atomic mass is 10.00. The van der Waals surface area contributed by atoms with Crippen LogP contribution in [-0.2, 0) is 0 Å². The molecule has 5 nitrogen and oxygen atoms in total. The van der Waals surface area contributed by atoms with Crippen molar-refractivity contribution in [2.24, 2.45) is 10.7 Å². The third-order valence-corrected chi connectivity index (χ3v) is 3.79. The van der Waals surface area contributed by atoms with E-state index in [0.29, 0.717) is 5.71 Å². The lowest BCUT2D eigenvalue weighted by molar-refractivity contribution is 0.153. The summed E-state index contributed by atoms with van der Waals surface area (Å²) in [6.07, 6.45) is 0.987. The van der Waals surface area contributed by atoms with Crippen LogP contribution in [0.1, 0.15) is 18.9 Å². The monoisotopic (exact) mass is 267 g/mol. The van der Waals surface area contributed by atoms with Gasteiger partial charge in [0.1, 0.15) is 6.07 Å². The molecule has 0 bridgehead atoms. The number of hydrogen-bond donors (Lipinski definition) is 2. The summed E-state index contributed by atoms with van der Waals surface area (Å²) >= 11 is 0. The second kappa shape index (κ2) is 4.75. The Labute approximate surface area is 118 Å². The molecule has 1 aromatic carbocycles. The van der Waals surface area contributed by atoms with Gasteiger partial charge in [-0.2, -0.15) is 5.26 Å². The van der Waals surface area contributed by atoms with Crippen molar-refractivity contribution in [2.45, 2.75) is 19.1 Å². The highest BCUT2D eigenvalue weighted by atomic mass is 15.4. The molecule has 0 radical (unpaired) electrons. The SMILES string of the molecule is CC1=C(c2ccccc2)N2CCCNC2(N)C(C#N)=N1. The molecule has 1 fully saturated rings. The first-order valence-corrected chi connectivity index (χ1v) is 6.74. The number of hydrogen-bond acceptors (Lipinski definition) is 5. The molecule has 1 unspecified atom stereocenters. The number of aliphatic imine (C=N–C) groups is 1. The Morgan fingerprint density at radius 3 is 2.85 bits per heavy atom. The van der Waals surface area contributed by atoms with Gasteiger partial charge in [-0.25, -0.2) is 4.99 Å². The Morgan fingerprint density at radius 2 is 2.15 bits per heavy atom. The highest BCUT2D eigenvalue weighted by Crippen LogP contribution is 2.33. The summed E-state index contributed by atoms with van der Waals surface area (Å²) in [6, 6.07) is 12.2. The minimum absolute atomic E-state index is 0.328. The Bertz CT molecular complexity index is 625. The number of nitrogens with two attached hydrogens (primary N) is 1. The van der Waals surface area contributed by atoms with E-state index in [2.05, 4.69) is 21.3 Å². The smallest absolute Gasteiger partial charge is 0.199 e. The molecule has 102 valence electrons. The lowest BCUT2D eigenvalue weighted by Crippen LogP contribution is -2.73. The summed E-state index contributed by atoms with van der Waals surface area (Å²) in [5.41, 5.74) is 9.67. The van der Waals surface area contributed by atoms with Crippen LogP contribution >= 0.6 is 0 Å². The van der Waals surface area contributed by atoms with E-state index in [1.807, 2.05) is 37.3 Å². The van der Waals surface area contributed by atoms with Crippen molar-refractivity contribution in [3.8, 4) is 6.07 Å². The molecule has 20 heavy (non-hydrogen) atoms. The predicted octanol–water partition coefficient (Wildman–Crippen LogP) is 1.26. The molecule has 0 spiro atoms. The summed E-state index contributed by atoms with van der Waals surface area (Å²) in [4.78, 5) is 6.48. The molecule has 1 aromatic rings. The molecule has 1 saturated heterocycles. The minimum Gasteiger partial charge on any atom is -0.333 e. The highest BCUT2D eigenvalue weighted by Gasteiger charge is 2.44. The van der Waals surface area contributed by atoms with Crippen molar-refractivity contribution in [2.75, 3.05) is 13.1 Å². The fourth-order valence-electron chi connectivity index (χ4n) is 2.86. The predicted molar refractivity (Wildman–Crippen MR) is 78.3 cm³/mol. The van der Waals surface area contributed by atoms with Gasteiger partial charge >= 0.3 is 0 Å². The zero-order valence-corrected chi connectivity index (χ0v) is 11.4. The number of rotatable bonds is 1. The van der Waals surface area contributed by atoms with Crippen molar-refractivity contribution in [1.29, 1.82) is 5.26 Å². The maximum Gasteiger partial charge on any atom is 0.199 e. The molecule has 0 aliphatic carbocycles. The highest BCUT2D eigenvalue weighted by molar-refractivity contribution is 6.08. The van der Waals surface area contributed by atoms with E-state index in [0.717, 1.165) is 36.5 Å². The van der Waals surface area contributed by atoms with Crippen molar-refractivity contribution in [3.05, 3.63) is 41.6 Å². The molecule has 2 aliphatic heterocycles. The Morgan fingerprint density at radius 1 is 1.40 bits per heavy atom. The third-order valence-electron chi connectivity index (χ3n) is 3.79. The van der Waals surface area contributed by atoms with Crippen LogP contribution in [0, 0.1) is 11.3 Å². The molecule has 0 amide bonds. The first-order chi connectivity index (χ1) is 9.66. The van der Waals surface area contributed by atoms with Crippen LogP contribution in [0.2, 0.25) is 0 Å². The van der Waals surface area contributed by atoms with E-state index in [1.54, 1.807) is 0 Å². The number of nitriles is 1.